The fourth-order valence-electron chi connectivity index (χ4n) is 2.41. The summed E-state index contributed by atoms with van der Waals surface area (Å²) in [5.74, 6) is -0.879. The highest BCUT2D eigenvalue weighted by Crippen LogP contribution is 2.43. The van der Waals surface area contributed by atoms with Crippen molar-refractivity contribution in [2.45, 2.75) is 37.9 Å². The highest BCUT2D eigenvalue weighted by Gasteiger charge is 2.49. The quantitative estimate of drug-likeness (QED) is 0.654. The molecule has 0 aromatic carbocycles. The van der Waals surface area contributed by atoms with E-state index in [0.29, 0.717) is 12.8 Å². The van der Waals surface area contributed by atoms with E-state index in [4.69, 9.17) is 14.9 Å². The van der Waals surface area contributed by atoms with Gasteiger partial charge in [0.1, 0.15) is 0 Å². The predicted molar refractivity (Wildman–Crippen MR) is 44.3 cm³/mol. The molecular formula is C9H14O4. The summed E-state index contributed by atoms with van der Waals surface area (Å²) in [7, 11) is 0. The number of ether oxygens (including phenoxy) is 1. The molecule has 2 saturated heterocycles. The van der Waals surface area contributed by atoms with Gasteiger partial charge in [-0.2, -0.15) is 0 Å². The minimum absolute atomic E-state index is 0.0574. The third-order valence-electron chi connectivity index (χ3n) is 3.19. The van der Waals surface area contributed by atoms with Crippen molar-refractivity contribution in [3.8, 4) is 0 Å². The molecule has 0 spiro atoms. The van der Waals surface area contributed by atoms with Gasteiger partial charge in [0.15, 0.2) is 0 Å². The standard InChI is InChI=1S/C9H14O4/c10-5-9(8(11)12)3-6-1-2-7(4-9)13-6/h6-7,10H,1-5H2,(H,11,12)/t6-,7+,9+. The molecule has 2 aliphatic heterocycles. The Bertz CT molecular complexity index is 214. The fraction of sp³-hybridized carbons (Fsp3) is 0.889. The average molecular weight is 186 g/mol. The molecule has 4 nitrogen and oxygen atoms in total. The zero-order chi connectivity index (χ0) is 9.47. The number of hydrogen-bond donors (Lipinski definition) is 2. The normalized spacial score (nSPS) is 43.5. The number of hydrogen-bond acceptors (Lipinski definition) is 3. The van der Waals surface area contributed by atoms with Gasteiger partial charge in [0.25, 0.3) is 0 Å². The van der Waals surface area contributed by atoms with E-state index in [1.807, 2.05) is 0 Å². The summed E-state index contributed by atoms with van der Waals surface area (Å²) in [5, 5.41) is 18.2. The molecule has 0 radical (unpaired) electrons. The van der Waals surface area contributed by atoms with Crippen LogP contribution >= 0.6 is 0 Å². The van der Waals surface area contributed by atoms with Gasteiger partial charge in [-0.3, -0.25) is 4.79 Å². The van der Waals surface area contributed by atoms with E-state index < -0.39 is 11.4 Å². The molecule has 0 amide bonds. The molecule has 3 atom stereocenters. The number of fused-ring (bicyclic) bond motifs is 2. The molecule has 2 rings (SSSR count). The van der Waals surface area contributed by atoms with Crippen LogP contribution in [0.1, 0.15) is 25.7 Å². The van der Waals surface area contributed by atoms with Crippen LogP contribution in [0.2, 0.25) is 0 Å². The molecule has 74 valence electrons. The second kappa shape index (κ2) is 2.96. The second-order valence-electron chi connectivity index (χ2n) is 4.11. The van der Waals surface area contributed by atoms with E-state index >= 15 is 0 Å². The van der Waals surface area contributed by atoms with Crippen molar-refractivity contribution in [3.05, 3.63) is 0 Å². The molecule has 2 heterocycles. The minimum Gasteiger partial charge on any atom is -0.481 e. The number of aliphatic carboxylic acids is 1. The van der Waals surface area contributed by atoms with E-state index in [1.165, 1.54) is 0 Å². The molecule has 0 aromatic heterocycles. The first kappa shape index (κ1) is 8.97. The molecule has 2 N–H and O–H groups in total. The van der Waals surface area contributed by atoms with Gasteiger partial charge in [0, 0.05) is 0 Å². The van der Waals surface area contributed by atoms with Gasteiger partial charge in [0.05, 0.1) is 24.2 Å². The maximum absolute atomic E-state index is 11.0. The molecule has 4 heteroatoms. The monoisotopic (exact) mass is 186 g/mol. The first-order valence-electron chi connectivity index (χ1n) is 4.66. The van der Waals surface area contributed by atoms with Crippen LogP contribution in [0.15, 0.2) is 0 Å². The van der Waals surface area contributed by atoms with Crippen molar-refractivity contribution in [2.24, 2.45) is 5.41 Å². The highest BCUT2D eigenvalue weighted by atomic mass is 16.5. The molecular weight excluding hydrogens is 172 g/mol. The summed E-state index contributed by atoms with van der Waals surface area (Å²) >= 11 is 0. The number of aliphatic hydroxyl groups is 1. The SMILES string of the molecule is O=C(O)[C@@]1(CO)C[C@H]2CC[C@@H](C1)O2. The molecule has 13 heavy (non-hydrogen) atoms. The van der Waals surface area contributed by atoms with E-state index in [2.05, 4.69) is 0 Å². The Kier molecular flexibility index (Phi) is 2.04. The Hall–Kier alpha value is -0.610. The van der Waals surface area contributed by atoms with Crippen molar-refractivity contribution in [1.29, 1.82) is 0 Å². The molecule has 0 aliphatic carbocycles. The Balaban J connectivity index is 2.18. The van der Waals surface area contributed by atoms with Crippen LogP contribution in [0.25, 0.3) is 0 Å². The molecule has 0 saturated carbocycles. The van der Waals surface area contributed by atoms with Crippen LogP contribution in [-0.2, 0) is 9.53 Å². The summed E-state index contributed by atoms with van der Waals surface area (Å²) < 4.78 is 5.53. The number of rotatable bonds is 2. The summed E-state index contributed by atoms with van der Waals surface area (Å²) in [6.07, 6.45) is 2.94. The summed E-state index contributed by atoms with van der Waals surface area (Å²) in [6, 6.07) is 0. The van der Waals surface area contributed by atoms with Crippen molar-refractivity contribution < 1.29 is 19.7 Å². The van der Waals surface area contributed by atoms with E-state index in [-0.39, 0.29) is 18.8 Å². The first-order chi connectivity index (χ1) is 6.16. The molecule has 2 bridgehead atoms. The van der Waals surface area contributed by atoms with Crippen LogP contribution in [-0.4, -0.2) is 35.0 Å². The van der Waals surface area contributed by atoms with E-state index in [0.717, 1.165) is 12.8 Å². The van der Waals surface area contributed by atoms with Crippen LogP contribution in [0.5, 0.6) is 0 Å². The highest BCUT2D eigenvalue weighted by molar-refractivity contribution is 5.75. The Morgan fingerprint density at radius 1 is 1.38 bits per heavy atom. The summed E-state index contributed by atoms with van der Waals surface area (Å²) in [6.45, 7) is -0.265. The van der Waals surface area contributed by atoms with E-state index in [1.54, 1.807) is 0 Å². The van der Waals surface area contributed by atoms with E-state index in [9.17, 15) is 4.79 Å². The minimum atomic E-state index is -0.927. The van der Waals surface area contributed by atoms with Crippen LogP contribution in [0.4, 0.5) is 0 Å². The van der Waals surface area contributed by atoms with Gasteiger partial charge in [-0.15, -0.1) is 0 Å². The fourth-order valence-corrected chi connectivity index (χ4v) is 2.41. The third-order valence-corrected chi connectivity index (χ3v) is 3.19. The van der Waals surface area contributed by atoms with Gasteiger partial charge in [-0.25, -0.2) is 0 Å². The average Bonchev–Trinajstić information content (AvgIpc) is 2.45. The lowest BCUT2D eigenvalue weighted by Crippen LogP contribution is -2.44. The van der Waals surface area contributed by atoms with Gasteiger partial charge in [-0.05, 0) is 25.7 Å². The largest absolute Gasteiger partial charge is 0.481 e. The summed E-state index contributed by atoms with van der Waals surface area (Å²) in [4.78, 5) is 11.0. The smallest absolute Gasteiger partial charge is 0.312 e. The third kappa shape index (κ3) is 1.34. The predicted octanol–water partition coefficient (Wildman–Crippen LogP) is 0.391. The zero-order valence-electron chi connectivity index (χ0n) is 7.40. The molecule has 2 fully saturated rings. The second-order valence-corrected chi connectivity index (χ2v) is 4.11. The molecule has 0 aromatic rings. The Morgan fingerprint density at radius 3 is 2.31 bits per heavy atom. The van der Waals surface area contributed by atoms with Crippen molar-refractivity contribution in [3.63, 3.8) is 0 Å². The van der Waals surface area contributed by atoms with Crippen LogP contribution in [0, 0.1) is 5.41 Å². The Labute approximate surface area is 76.5 Å². The lowest BCUT2D eigenvalue weighted by atomic mass is 9.78. The number of carboxylic acids is 1. The first-order valence-corrected chi connectivity index (χ1v) is 4.66. The van der Waals surface area contributed by atoms with Crippen LogP contribution < -0.4 is 0 Å². The van der Waals surface area contributed by atoms with Gasteiger partial charge < -0.3 is 14.9 Å². The maximum Gasteiger partial charge on any atom is 0.312 e. The van der Waals surface area contributed by atoms with Gasteiger partial charge >= 0.3 is 5.97 Å². The summed E-state index contributed by atoms with van der Waals surface area (Å²) in [5.41, 5.74) is -0.927. The number of carboxylic acid groups (broad SMARTS) is 1. The molecule has 0 unspecified atom stereocenters. The van der Waals surface area contributed by atoms with Crippen molar-refractivity contribution >= 4 is 5.97 Å². The van der Waals surface area contributed by atoms with Crippen molar-refractivity contribution in [2.75, 3.05) is 6.61 Å². The van der Waals surface area contributed by atoms with Gasteiger partial charge in [0.2, 0.25) is 0 Å². The lowest BCUT2D eigenvalue weighted by Gasteiger charge is -2.35. The number of carbonyl (C=O) groups is 1. The zero-order valence-corrected chi connectivity index (χ0v) is 7.40. The molecule has 2 aliphatic rings. The lowest BCUT2D eigenvalue weighted by molar-refractivity contribution is -0.164. The topological polar surface area (TPSA) is 66.8 Å². The number of aliphatic hydroxyl groups excluding tert-OH is 1. The van der Waals surface area contributed by atoms with Gasteiger partial charge in [-0.1, -0.05) is 0 Å². The van der Waals surface area contributed by atoms with Crippen LogP contribution in [0.3, 0.4) is 0 Å². The van der Waals surface area contributed by atoms with Crippen molar-refractivity contribution in [1.82, 2.24) is 0 Å². The maximum atomic E-state index is 11.0. The Morgan fingerprint density at radius 2 is 1.92 bits per heavy atom.